The summed E-state index contributed by atoms with van der Waals surface area (Å²) >= 11 is 0. The maximum atomic E-state index is 12.7. The summed E-state index contributed by atoms with van der Waals surface area (Å²) in [4.78, 5) is 4.45. The third kappa shape index (κ3) is 6.81. The predicted octanol–water partition coefficient (Wildman–Crippen LogP) is 2.82. The van der Waals surface area contributed by atoms with Crippen LogP contribution < -0.4 is 15.4 Å². The molecule has 1 aromatic rings. The molecule has 0 radical (unpaired) electrons. The van der Waals surface area contributed by atoms with Crippen LogP contribution in [0.5, 0.6) is 5.75 Å². The number of guanidine groups is 1. The van der Waals surface area contributed by atoms with E-state index in [1.165, 1.54) is 12.1 Å². The zero-order valence-corrected chi connectivity index (χ0v) is 14.2. The minimum atomic E-state index is -4.37. The quantitative estimate of drug-likeness (QED) is 0.447. The molecule has 0 spiro atoms. The topological polar surface area (TPSA) is 54.9 Å². The number of nitrogens with one attached hydrogen (secondary N) is 2. The molecule has 0 bridgehead atoms. The van der Waals surface area contributed by atoms with Crippen LogP contribution in [0.25, 0.3) is 0 Å². The van der Waals surface area contributed by atoms with E-state index >= 15 is 0 Å². The molecule has 0 aromatic heterocycles. The second-order valence-corrected chi connectivity index (χ2v) is 5.66. The molecule has 1 saturated heterocycles. The Labute approximate surface area is 145 Å². The molecule has 2 N–H and O–H groups in total. The van der Waals surface area contributed by atoms with Gasteiger partial charge in [0.2, 0.25) is 0 Å². The normalized spacial score (nSPS) is 18.2. The molecular formula is C17H24F3N3O2. The van der Waals surface area contributed by atoms with Crippen LogP contribution in [0, 0.1) is 0 Å². The first-order chi connectivity index (χ1) is 12.0. The van der Waals surface area contributed by atoms with E-state index in [0.717, 1.165) is 31.6 Å². The van der Waals surface area contributed by atoms with E-state index in [1.807, 2.05) is 6.92 Å². The van der Waals surface area contributed by atoms with Crippen molar-refractivity contribution in [1.82, 2.24) is 10.6 Å². The van der Waals surface area contributed by atoms with Gasteiger partial charge in [-0.05, 0) is 38.0 Å². The van der Waals surface area contributed by atoms with E-state index < -0.39 is 11.7 Å². The molecule has 1 heterocycles. The van der Waals surface area contributed by atoms with Crippen LogP contribution in [0.2, 0.25) is 0 Å². The average Bonchev–Trinajstić information content (AvgIpc) is 3.09. The Hall–Kier alpha value is -1.96. The van der Waals surface area contributed by atoms with Crippen molar-refractivity contribution in [3.8, 4) is 5.75 Å². The molecule has 1 aliphatic heterocycles. The molecule has 1 atom stereocenters. The molecule has 0 amide bonds. The molecule has 8 heteroatoms. The van der Waals surface area contributed by atoms with Crippen LogP contribution in [-0.4, -0.2) is 44.9 Å². The van der Waals surface area contributed by atoms with Gasteiger partial charge in [-0.2, -0.15) is 13.2 Å². The van der Waals surface area contributed by atoms with Gasteiger partial charge in [0.15, 0.2) is 5.96 Å². The van der Waals surface area contributed by atoms with Gasteiger partial charge in [0, 0.05) is 13.2 Å². The van der Waals surface area contributed by atoms with E-state index in [2.05, 4.69) is 15.6 Å². The Morgan fingerprint density at radius 2 is 2.20 bits per heavy atom. The van der Waals surface area contributed by atoms with Crippen LogP contribution >= 0.6 is 0 Å². The SMILES string of the molecule is CCNC(=NCC1CCCO1)NCCOc1cccc(C(F)(F)F)c1. The van der Waals surface area contributed by atoms with Gasteiger partial charge in [0.1, 0.15) is 12.4 Å². The van der Waals surface area contributed by atoms with Crippen LogP contribution in [-0.2, 0) is 10.9 Å². The molecule has 1 aliphatic rings. The van der Waals surface area contributed by atoms with E-state index in [1.54, 1.807) is 0 Å². The number of benzene rings is 1. The minimum Gasteiger partial charge on any atom is -0.492 e. The van der Waals surface area contributed by atoms with Crippen LogP contribution in [0.15, 0.2) is 29.3 Å². The highest BCUT2D eigenvalue weighted by Gasteiger charge is 2.30. The first-order valence-electron chi connectivity index (χ1n) is 8.43. The summed E-state index contributed by atoms with van der Waals surface area (Å²) in [6.45, 7) is 4.70. The van der Waals surface area contributed by atoms with Crippen molar-refractivity contribution in [2.75, 3.05) is 32.8 Å². The number of rotatable bonds is 7. The molecule has 25 heavy (non-hydrogen) atoms. The Morgan fingerprint density at radius 1 is 1.36 bits per heavy atom. The summed E-state index contributed by atoms with van der Waals surface area (Å²) < 4.78 is 48.9. The molecule has 0 saturated carbocycles. The highest BCUT2D eigenvalue weighted by Crippen LogP contribution is 2.31. The maximum Gasteiger partial charge on any atom is 0.416 e. The van der Waals surface area contributed by atoms with Crippen molar-refractivity contribution in [1.29, 1.82) is 0 Å². The molecule has 1 fully saturated rings. The largest absolute Gasteiger partial charge is 0.492 e. The maximum absolute atomic E-state index is 12.7. The first kappa shape index (κ1) is 19.4. The molecule has 0 aliphatic carbocycles. The lowest BCUT2D eigenvalue weighted by atomic mass is 10.2. The number of alkyl halides is 3. The molecule has 1 aromatic carbocycles. The minimum absolute atomic E-state index is 0.164. The monoisotopic (exact) mass is 359 g/mol. The van der Waals surface area contributed by atoms with E-state index in [0.29, 0.717) is 25.6 Å². The fraction of sp³-hybridized carbons (Fsp3) is 0.588. The Balaban J connectivity index is 1.76. The highest BCUT2D eigenvalue weighted by atomic mass is 19.4. The number of halogens is 3. The molecule has 2 rings (SSSR count). The van der Waals surface area contributed by atoms with Crippen molar-refractivity contribution in [3.05, 3.63) is 29.8 Å². The standard InChI is InChI=1S/C17H24F3N3O2/c1-2-21-16(23-12-15-7-4-9-24-15)22-8-10-25-14-6-3-5-13(11-14)17(18,19)20/h3,5-6,11,15H,2,4,7-10,12H2,1H3,(H2,21,22,23). The van der Waals surface area contributed by atoms with Gasteiger partial charge in [-0.25, -0.2) is 0 Å². The van der Waals surface area contributed by atoms with Crippen LogP contribution in [0.1, 0.15) is 25.3 Å². The van der Waals surface area contributed by atoms with Gasteiger partial charge in [0.05, 0.1) is 24.8 Å². The summed E-state index contributed by atoms with van der Waals surface area (Å²) in [7, 11) is 0. The summed E-state index contributed by atoms with van der Waals surface area (Å²) in [5.41, 5.74) is -0.718. The third-order valence-electron chi connectivity index (χ3n) is 3.65. The van der Waals surface area contributed by atoms with Crippen molar-refractivity contribution < 1.29 is 22.6 Å². The lowest BCUT2D eigenvalue weighted by molar-refractivity contribution is -0.137. The Morgan fingerprint density at radius 3 is 2.88 bits per heavy atom. The number of nitrogens with zero attached hydrogens (tertiary/aromatic N) is 1. The second-order valence-electron chi connectivity index (χ2n) is 5.66. The second kappa shape index (κ2) is 9.50. The zero-order chi connectivity index (χ0) is 18.1. The van der Waals surface area contributed by atoms with Crippen LogP contribution in [0.3, 0.4) is 0 Å². The molecule has 5 nitrogen and oxygen atoms in total. The molecule has 140 valence electrons. The third-order valence-corrected chi connectivity index (χ3v) is 3.65. The van der Waals surface area contributed by atoms with Gasteiger partial charge >= 0.3 is 6.18 Å². The number of hydrogen-bond donors (Lipinski definition) is 2. The van der Waals surface area contributed by atoms with Gasteiger partial charge in [-0.3, -0.25) is 4.99 Å². The van der Waals surface area contributed by atoms with Crippen molar-refractivity contribution in [2.24, 2.45) is 4.99 Å². The Kier molecular flexibility index (Phi) is 7.36. The van der Waals surface area contributed by atoms with Gasteiger partial charge in [-0.1, -0.05) is 6.07 Å². The lowest BCUT2D eigenvalue weighted by Gasteiger charge is -2.14. The van der Waals surface area contributed by atoms with Crippen molar-refractivity contribution in [3.63, 3.8) is 0 Å². The van der Waals surface area contributed by atoms with Crippen LogP contribution in [0.4, 0.5) is 13.2 Å². The summed E-state index contributed by atoms with van der Waals surface area (Å²) in [6.07, 6.45) is -2.13. The van der Waals surface area contributed by atoms with Gasteiger partial charge < -0.3 is 20.1 Å². The van der Waals surface area contributed by atoms with E-state index in [9.17, 15) is 13.2 Å². The fourth-order valence-electron chi connectivity index (χ4n) is 2.42. The fourth-order valence-corrected chi connectivity index (χ4v) is 2.42. The van der Waals surface area contributed by atoms with Gasteiger partial charge in [0.25, 0.3) is 0 Å². The Bertz CT molecular complexity index is 558. The number of ether oxygens (including phenoxy) is 2. The van der Waals surface area contributed by atoms with Crippen molar-refractivity contribution in [2.45, 2.75) is 32.0 Å². The first-order valence-corrected chi connectivity index (χ1v) is 8.43. The zero-order valence-electron chi connectivity index (χ0n) is 14.2. The summed E-state index contributed by atoms with van der Waals surface area (Å²) in [6, 6.07) is 4.85. The molecule has 1 unspecified atom stereocenters. The molecular weight excluding hydrogens is 335 g/mol. The summed E-state index contributed by atoms with van der Waals surface area (Å²) in [5, 5.41) is 6.21. The van der Waals surface area contributed by atoms with Gasteiger partial charge in [-0.15, -0.1) is 0 Å². The number of aliphatic imine (C=N–C) groups is 1. The summed E-state index contributed by atoms with van der Waals surface area (Å²) in [5.74, 6) is 0.837. The van der Waals surface area contributed by atoms with E-state index in [4.69, 9.17) is 9.47 Å². The van der Waals surface area contributed by atoms with E-state index in [-0.39, 0.29) is 18.5 Å². The average molecular weight is 359 g/mol. The van der Waals surface area contributed by atoms with Crippen molar-refractivity contribution >= 4 is 5.96 Å². The number of hydrogen-bond acceptors (Lipinski definition) is 3. The highest BCUT2D eigenvalue weighted by molar-refractivity contribution is 5.79. The lowest BCUT2D eigenvalue weighted by Crippen LogP contribution is -2.39. The predicted molar refractivity (Wildman–Crippen MR) is 89.9 cm³/mol. The smallest absolute Gasteiger partial charge is 0.416 e.